The minimum Gasteiger partial charge on any atom is -0.145 e. The minimum absolute atomic E-state index is 0.777. The Bertz CT molecular complexity index is 50.9. The monoisotopic (exact) mass is 220 g/mol. The van der Waals surface area contributed by atoms with Crippen molar-refractivity contribution in [2.45, 2.75) is 13.0 Å². The van der Waals surface area contributed by atoms with Crippen LogP contribution in [0.15, 0.2) is 0 Å². The van der Waals surface area contributed by atoms with E-state index in [0.717, 1.165) is 11.0 Å². The molecule has 0 saturated carbocycles. The summed E-state index contributed by atoms with van der Waals surface area (Å²) in [6.45, 7) is 0.217. The first-order valence-electron chi connectivity index (χ1n) is 2.06. The van der Waals surface area contributed by atoms with Crippen LogP contribution in [0.2, 0.25) is 6.04 Å². The van der Waals surface area contributed by atoms with E-state index in [1.165, 1.54) is 0 Å². The smallest absolute Gasteiger partial charge is 0.145 e. The fourth-order valence-electron chi connectivity index (χ4n) is 0.0945. The standard InChI is InChI=1S/C3H7BrCl2Si/c1-2-7(5,6)3-4/h2-3H2,1H3. The summed E-state index contributed by atoms with van der Waals surface area (Å²) in [5, 5.41) is 0. The van der Waals surface area contributed by atoms with E-state index in [-0.39, 0.29) is 0 Å². The summed E-state index contributed by atoms with van der Waals surface area (Å²) >= 11 is 14.8. The maximum Gasteiger partial charge on any atom is 0.261 e. The predicted octanol–water partition coefficient (Wildman–Crippen LogP) is 2.86. The fourth-order valence-corrected chi connectivity index (χ4v) is 1.47. The van der Waals surface area contributed by atoms with Crippen LogP contribution in [-0.2, 0) is 0 Å². The Morgan fingerprint density at radius 3 is 2.00 bits per heavy atom. The summed E-state index contributed by atoms with van der Waals surface area (Å²) in [7, 11) is 0. The van der Waals surface area contributed by atoms with Gasteiger partial charge < -0.3 is 0 Å². The summed E-state index contributed by atoms with van der Waals surface area (Å²) in [6, 6.07) is 0.918. The topological polar surface area (TPSA) is 0 Å². The van der Waals surface area contributed by atoms with Gasteiger partial charge in [0.2, 0.25) is 0 Å². The molecule has 0 unspecified atom stereocenters. The Hall–Kier alpha value is 1.28. The van der Waals surface area contributed by atoms with E-state index in [9.17, 15) is 0 Å². The van der Waals surface area contributed by atoms with Crippen molar-refractivity contribution in [1.82, 2.24) is 0 Å². The number of hydrogen-bond acceptors (Lipinski definition) is 0. The van der Waals surface area contributed by atoms with Crippen LogP contribution in [-0.4, -0.2) is 11.6 Å². The average Bonchev–Trinajstić information content (AvgIpc) is 1.68. The second-order valence-corrected chi connectivity index (χ2v) is 10.6. The van der Waals surface area contributed by atoms with Gasteiger partial charge in [0.1, 0.15) is 0 Å². The van der Waals surface area contributed by atoms with Gasteiger partial charge in [0.15, 0.2) is 0 Å². The van der Waals surface area contributed by atoms with Crippen LogP contribution in [0.4, 0.5) is 0 Å². The molecule has 0 nitrogen and oxygen atoms in total. The second-order valence-electron chi connectivity index (χ2n) is 1.34. The molecule has 0 radical (unpaired) electrons. The van der Waals surface area contributed by atoms with Crippen molar-refractivity contribution < 1.29 is 0 Å². The van der Waals surface area contributed by atoms with Crippen LogP contribution >= 0.6 is 38.1 Å². The lowest BCUT2D eigenvalue weighted by Crippen LogP contribution is -2.19. The first-order chi connectivity index (χ1) is 3.12. The zero-order valence-electron chi connectivity index (χ0n) is 4.05. The molecule has 0 spiro atoms. The van der Waals surface area contributed by atoms with Gasteiger partial charge in [0, 0.05) is 4.95 Å². The van der Waals surface area contributed by atoms with Gasteiger partial charge in [-0.2, -0.15) is 0 Å². The van der Waals surface area contributed by atoms with Crippen molar-refractivity contribution >= 4 is 44.8 Å². The number of hydrogen-bond donors (Lipinski definition) is 0. The Balaban J connectivity index is 3.36. The lowest BCUT2D eigenvalue weighted by Gasteiger charge is -2.06. The van der Waals surface area contributed by atoms with Crippen LogP contribution in [0, 0.1) is 0 Å². The van der Waals surface area contributed by atoms with E-state index in [2.05, 4.69) is 15.9 Å². The summed E-state index contributed by atoms with van der Waals surface area (Å²) < 4.78 is 0. The van der Waals surface area contributed by atoms with E-state index in [4.69, 9.17) is 22.2 Å². The molecule has 0 heterocycles. The normalized spacial score (nSPS) is 12.0. The van der Waals surface area contributed by atoms with E-state index in [1.54, 1.807) is 0 Å². The molecule has 0 aromatic carbocycles. The third-order valence-corrected chi connectivity index (χ3v) is 9.35. The molecule has 7 heavy (non-hydrogen) atoms. The summed E-state index contributed by atoms with van der Waals surface area (Å²) in [6.07, 6.45) is 0. The zero-order chi connectivity index (χ0) is 5.91. The molecule has 0 rings (SSSR count). The van der Waals surface area contributed by atoms with Gasteiger partial charge >= 0.3 is 0 Å². The van der Waals surface area contributed by atoms with Crippen LogP contribution in [0.1, 0.15) is 6.92 Å². The molecule has 0 atom stereocenters. The molecule has 0 aliphatic carbocycles. The van der Waals surface area contributed by atoms with Crippen molar-refractivity contribution in [2.24, 2.45) is 0 Å². The molecule has 0 amide bonds. The van der Waals surface area contributed by atoms with Gasteiger partial charge in [0.05, 0.1) is 0 Å². The highest BCUT2D eigenvalue weighted by Gasteiger charge is 2.22. The van der Waals surface area contributed by atoms with Crippen molar-refractivity contribution in [3.05, 3.63) is 0 Å². The quantitative estimate of drug-likeness (QED) is 0.382. The fraction of sp³-hybridized carbons (Fsp3) is 1.00. The molecule has 0 fully saturated rings. The molecule has 0 aromatic rings. The Morgan fingerprint density at radius 1 is 1.57 bits per heavy atom. The minimum atomic E-state index is -1.79. The van der Waals surface area contributed by atoms with Crippen LogP contribution in [0.25, 0.3) is 0 Å². The van der Waals surface area contributed by atoms with Crippen molar-refractivity contribution in [3.8, 4) is 0 Å². The lowest BCUT2D eigenvalue weighted by molar-refractivity contribution is 1.43. The van der Waals surface area contributed by atoms with E-state index < -0.39 is 6.69 Å². The van der Waals surface area contributed by atoms with Crippen molar-refractivity contribution in [1.29, 1.82) is 0 Å². The van der Waals surface area contributed by atoms with Gasteiger partial charge in [0.25, 0.3) is 6.69 Å². The van der Waals surface area contributed by atoms with Crippen LogP contribution in [0.5, 0.6) is 0 Å². The van der Waals surface area contributed by atoms with Gasteiger partial charge in [-0.1, -0.05) is 22.9 Å². The lowest BCUT2D eigenvalue weighted by atomic mass is 11.0. The summed E-state index contributed by atoms with van der Waals surface area (Å²) in [5.41, 5.74) is 0. The average molecular weight is 222 g/mol. The highest BCUT2D eigenvalue weighted by Crippen LogP contribution is 2.21. The van der Waals surface area contributed by atoms with Gasteiger partial charge in [-0.05, 0) is 6.04 Å². The van der Waals surface area contributed by atoms with Gasteiger partial charge in [-0.15, -0.1) is 22.2 Å². The molecule has 0 aliphatic rings. The number of alkyl halides is 1. The highest BCUT2D eigenvalue weighted by atomic mass is 79.9. The highest BCUT2D eigenvalue weighted by molar-refractivity contribution is 9.10. The predicted molar refractivity (Wildman–Crippen MR) is 41.7 cm³/mol. The molecular formula is C3H7BrCl2Si. The first-order valence-corrected chi connectivity index (χ1v) is 7.62. The zero-order valence-corrected chi connectivity index (χ0v) is 8.15. The first kappa shape index (κ1) is 8.28. The third kappa shape index (κ3) is 3.83. The maximum atomic E-state index is 5.76. The van der Waals surface area contributed by atoms with E-state index in [1.807, 2.05) is 6.92 Å². The molecule has 0 aliphatic heterocycles. The van der Waals surface area contributed by atoms with E-state index in [0.29, 0.717) is 0 Å². The van der Waals surface area contributed by atoms with Crippen molar-refractivity contribution in [3.63, 3.8) is 0 Å². The second kappa shape index (κ2) is 3.33. The Kier molecular flexibility index (Phi) is 3.94. The van der Waals surface area contributed by atoms with Crippen LogP contribution < -0.4 is 0 Å². The Labute approximate surface area is 62.7 Å². The van der Waals surface area contributed by atoms with Gasteiger partial charge in [-0.25, -0.2) is 0 Å². The molecule has 0 aromatic heterocycles. The van der Waals surface area contributed by atoms with E-state index >= 15 is 0 Å². The van der Waals surface area contributed by atoms with Gasteiger partial charge in [-0.3, -0.25) is 0 Å². The third-order valence-electron chi connectivity index (χ3n) is 0.713. The summed E-state index contributed by atoms with van der Waals surface area (Å²) in [4.78, 5) is 0.777. The molecular weight excluding hydrogens is 215 g/mol. The molecule has 44 valence electrons. The number of halogens is 3. The maximum absolute atomic E-state index is 5.76. The van der Waals surface area contributed by atoms with Crippen molar-refractivity contribution in [2.75, 3.05) is 4.95 Å². The molecule has 0 N–H and O–H groups in total. The Morgan fingerprint density at radius 2 is 2.00 bits per heavy atom. The number of rotatable bonds is 2. The summed E-state index contributed by atoms with van der Waals surface area (Å²) in [5.74, 6) is 0. The largest absolute Gasteiger partial charge is 0.261 e. The SMILES string of the molecule is CC[Si](Cl)(Cl)CBr. The molecule has 0 saturated heterocycles. The molecule has 0 bridgehead atoms. The van der Waals surface area contributed by atoms with Crippen LogP contribution in [0.3, 0.4) is 0 Å². The molecule has 4 heteroatoms.